The van der Waals surface area contributed by atoms with E-state index in [2.05, 4.69) is 49.3 Å². The highest BCUT2D eigenvalue weighted by molar-refractivity contribution is 7.10. The van der Waals surface area contributed by atoms with Crippen molar-refractivity contribution in [1.82, 2.24) is 25.3 Å². The molecule has 148 valence electrons. The van der Waals surface area contributed by atoms with Crippen molar-refractivity contribution in [2.75, 3.05) is 46.4 Å². The molecule has 0 aromatic carbocycles. The number of aliphatic imine (C=N–C) groups is 1. The SMILES string of the molecule is CN=C(NCCCc1cnn(C)c1)NCC(c1cccs1)N1CCOCC1. The third-order valence-corrected chi connectivity index (χ3v) is 5.71. The number of nitrogens with one attached hydrogen (secondary N) is 2. The number of nitrogens with zero attached hydrogens (tertiary/aromatic N) is 4. The number of hydrogen-bond acceptors (Lipinski definition) is 5. The van der Waals surface area contributed by atoms with Crippen LogP contribution in [-0.2, 0) is 18.2 Å². The van der Waals surface area contributed by atoms with Gasteiger partial charge in [0.05, 0.1) is 25.5 Å². The summed E-state index contributed by atoms with van der Waals surface area (Å²) in [5.41, 5.74) is 1.27. The second kappa shape index (κ2) is 10.4. The summed E-state index contributed by atoms with van der Waals surface area (Å²) in [4.78, 5) is 8.26. The Labute approximate surface area is 165 Å². The molecule has 0 bridgehead atoms. The van der Waals surface area contributed by atoms with E-state index in [4.69, 9.17) is 4.74 Å². The Bertz CT molecular complexity index is 693. The predicted octanol–water partition coefficient (Wildman–Crippen LogP) is 1.65. The minimum atomic E-state index is 0.350. The van der Waals surface area contributed by atoms with Gasteiger partial charge in [0.2, 0.25) is 0 Å². The molecule has 0 saturated carbocycles. The molecule has 8 heteroatoms. The summed E-state index contributed by atoms with van der Waals surface area (Å²) in [5.74, 6) is 0.857. The van der Waals surface area contributed by atoms with Crippen molar-refractivity contribution in [3.63, 3.8) is 0 Å². The van der Waals surface area contributed by atoms with Gasteiger partial charge in [-0.2, -0.15) is 5.10 Å². The minimum Gasteiger partial charge on any atom is -0.379 e. The van der Waals surface area contributed by atoms with E-state index < -0.39 is 0 Å². The molecule has 1 unspecified atom stereocenters. The standard InChI is InChI=1S/C19H30N6OS/c1-20-19(21-7-3-5-16-13-23-24(2)15-16)22-14-17(18-6-4-12-27-18)25-8-10-26-11-9-25/h4,6,12-13,15,17H,3,5,7-11,14H2,1-2H3,(H2,20,21,22). The Kier molecular flexibility index (Phi) is 7.67. The summed E-state index contributed by atoms with van der Waals surface area (Å²) in [5, 5.41) is 13.3. The van der Waals surface area contributed by atoms with Crippen LogP contribution >= 0.6 is 11.3 Å². The number of thiophene rings is 1. The number of rotatable bonds is 8. The minimum absolute atomic E-state index is 0.350. The van der Waals surface area contributed by atoms with Crippen molar-refractivity contribution >= 4 is 17.3 Å². The average molecular weight is 391 g/mol. The molecule has 1 saturated heterocycles. The van der Waals surface area contributed by atoms with Gasteiger partial charge in [0.25, 0.3) is 0 Å². The van der Waals surface area contributed by atoms with Crippen molar-refractivity contribution in [2.24, 2.45) is 12.0 Å². The second-order valence-corrected chi connectivity index (χ2v) is 7.66. The number of ether oxygens (including phenoxy) is 1. The summed E-state index contributed by atoms with van der Waals surface area (Å²) in [6.07, 6.45) is 6.07. The lowest BCUT2D eigenvalue weighted by Crippen LogP contribution is -2.46. The van der Waals surface area contributed by atoms with Crippen LogP contribution in [0.4, 0.5) is 0 Å². The van der Waals surface area contributed by atoms with Gasteiger partial charge in [0.1, 0.15) is 0 Å². The molecule has 1 aliphatic heterocycles. The molecular formula is C19H30N6OS. The average Bonchev–Trinajstić information content (AvgIpc) is 3.36. The lowest BCUT2D eigenvalue weighted by molar-refractivity contribution is 0.0177. The van der Waals surface area contributed by atoms with Crippen molar-refractivity contribution < 1.29 is 4.74 Å². The lowest BCUT2D eigenvalue weighted by Gasteiger charge is -2.34. The predicted molar refractivity (Wildman–Crippen MR) is 110 cm³/mol. The first-order chi connectivity index (χ1) is 13.3. The zero-order valence-electron chi connectivity index (χ0n) is 16.2. The van der Waals surface area contributed by atoms with E-state index in [-0.39, 0.29) is 0 Å². The van der Waals surface area contributed by atoms with E-state index in [1.807, 2.05) is 36.3 Å². The maximum Gasteiger partial charge on any atom is 0.191 e. The summed E-state index contributed by atoms with van der Waals surface area (Å²) in [6.45, 7) is 5.29. The third kappa shape index (κ3) is 6.05. The highest BCUT2D eigenvalue weighted by Crippen LogP contribution is 2.25. The fourth-order valence-corrected chi connectivity index (χ4v) is 4.15. The largest absolute Gasteiger partial charge is 0.379 e. The molecule has 0 amide bonds. The maximum absolute atomic E-state index is 5.52. The fourth-order valence-electron chi connectivity index (χ4n) is 3.29. The molecular weight excluding hydrogens is 360 g/mol. The zero-order chi connectivity index (χ0) is 18.9. The molecule has 0 radical (unpaired) electrons. The van der Waals surface area contributed by atoms with Gasteiger partial charge < -0.3 is 15.4 Å². The van der Waals surface area contributed by atoms with Crippen LogP contribution in [0.15, 0.2) is 34.9 Å². The van der Waals surface area contributed by atoms with Crippen LogP contribution in [-0.4, -0.2) is 67.1 Å². The summed E-state index contributed by atoms with van der Waals surface area (Å²) in [7, 11) is 3.78. The molecule has 2 aromatic rings. The molecule has 1 atom stereocenters. The van der Waals surface area contributed by atoms with Gasteiger partial charge in [-0.1, -0.05) is 6.07 Å². The number of hydrogen-bond donors (Lipinski definition) is 2. The van der Waals surface area contributed by atoms with Gasteiger partial charge in [-0.3, -0.25) is 14.6 Å². The summed E-state index contributed by atoms with van der Waals surface area (Å²) in [6, 6.07) is 4.69. The summed E-state index contributed by atoms with van der Waals surface area (Å²) < 4.78 is 7.36. The first-order valence-corrected chi connectivity index (χ1v) is 10.4. The van der Waals surface area contributed by atoms with Crippen LogP contribution in [0.1, 0.15) is 22.9 Å². The van der Waals surface area contributed by atoms with Crippen LogP contribution in [0.2, 0.25) is 0 Å². The Morgan fingerprint density at radius 2 is 2.22 bits per heavy atom. The molecule has 1 fully saturated rings. The third-order valence-electron chi connectivity index (χ3n) is 4.74. The van der Waals surface area contributed by atoms with Crippen LogP contribution < -0.4 is 10.6 Å². The van der Waals surface area contributed by atoms with Crippen LogP contribution in [0.5, 0.6) is 0 Å². The van der Waals surface area contributed by atoms with E-state index in [1.165, 1.54) is 10.4 Å². The number of guanidine groups is 1. The molecule has 3 heterocycles. The van der Waals surface area contributed by atoms with E-state index in [9.17, 15) is 0 Å². The van der Waals surface area contributed by atoms with Crippen LogP contribution in [0, 0.1) is 0 Å². The first-order valence-electron chi connectivity index (χ1n) is 9.53. The van der Waals surface area contributed by atoms with Crippen molar-refractivity contribution in [3.05, 3.63) is 40.3 Å². The quantitative estimate of drug-likeness (QED) is 0.408. The maximum atomic E-state index is 5.52. The molecule has 27 heavy (non-hydrogen) atoms. The van der Waals surface area contributed by atoms with Crippen LogP contribution in [0.3, 0.4) is 0 Å². The monoisotopic (exact) mass is 390 g/mol. The molecule has 0 spiro atoms. The highest BCUT2D eigenvalue weighted by atomic mass is 32.1. The van der Waals surface area contributed by atoms with Crippen LogP contribution in [0.25, 0.3) is 0 Å². The Morgan fingerprint density at radius 3 is 2.89 bits per heavy atom. The fraction of sp³-hybridized carbons (Fsp3) is 0.579. The first kappa shape index (κ1) is 19.9. The van der Waals surface area contributed by atoms with Gasteiger partial charge in [0.15, 0.2) is 5.96 Å². The number of aryl methyl sites for hydroxylation is 2. The molecule has 2 aromatic heterocycles. The number of morpholine rings is 1. The van der Waals surface area contributed by atoms with E-state index >= 15 is 0 Å². The Balaban J connectivity index is 1.46. The highest BCUT2D eigenvalue weighted by Gasteiger charge is 2.23. The normalized spacial score (nSPS) is 17.0. The van der Waals surface area contributed by atoms with E-state index in [0.29, 0.717) is 6.04 Å². The zero-order valence-corrected chi connectivity index (χ0v) is 17.0. The molecule has 2 N–H and O–H groups in total. The molecule has 1 aliphatic rings. The van der Waals surface area contributed by atoms with Gasteiger partial charge >= 0.3 is 0 Å². The topological polar surface area (TPSA) is 66.7 Å². The van der Waals surface area contributed by atoms with E-state index in [1.54, 1.807) is 0 Å². The van der Waals surface area contributed by atoms with Crippen molar-refractivity contribution in [2.45, 2.75) is 18.9 Å². The second-order valence-electron chi connectivity index (χ2n) is 6.69. The van der Waals surface area contributed by atoms with E-state index in [0.717, 1.165) is 58.2 Å². The van der Waals surface area contributed by atoms with Gasteiger partial charge in [0, 0.05) is 51.3 Å². The van der Waals surface area contributed by atoms with Crippen molar-refractivity contribution in [3.8, 4) is 0 Å². The number of aromatic nitrogens is 2. The Morgan fingerprint density at radius 1 is 1.37 bits per heavy atom. The van der Waals surface area contributed by atoms with Gasteiger partial charge in [-0.15, -0.1) is 11.3 Å². The molecule has 0 aliphatic carbocycles. The lowest BCUT2D eigenvalue weighted by atomic mass is 10.2. The molecule has 7 nitrogen and oxygen atoms in total. The van der Waals surface area contributed by atoms with Gasteiger partial charge in [-0.25, -0.2) is 0 Å². The van der Waals surface area contributed by atoms with Gasteiger partial charge in [-0.05, 0) is 29.9 Å². The summed E-state index contributed by atoms with van der Waals surface area (Å²) >= 11 is 1.81. The van der Waals surface area contributed by atoms with Crippen molar-refractivity contribution in [1.29, 1.82) is 0 Å². The molecule has 3 rings (SSSR count). The Hall–Kier alpha value is -1.90. The smallest absolute Gasteiger partial charge is 0.191 e.